The van der Waals surface area contributed by atoms with E-state index in [2.05, 4.69) is 4.90 Å². The summed E-state index contributed by atoms with van der Waals surface area (Å²) in [7, 11) is 0. The highest BCUT2D eigenvalue weighted by Crippen LogP contribution is 2.39. The van der Waals surface area contributed by atoms with Gasteiger partial charge in [-0.15, -0.1) is 0 Å². The molecule has 8 heteroatoms. The molecule has 1 saturated heterocycles. The van der Waals surface area contributed by atoms with Gasteiger partial charge in [-0.3, -0.25) is 9.69 Å². The number of rotatable bonds is 3. The molecule has 1 aliphatic heterocycles. The molecule has 31 heavy (non-hydrogen) atoms. The topological polar surface area (TPSA) is 53.7 Å². The zero-order valence-corrected chi connectivity index (χ0v) is 17.4. The zero-order chi connectivity index (χ0) is 22.2. The molecular formula is C23H21ClF3NO3. The summed E-state index contributed by atoms with van der Waals surface area (Å²) in [5, 5.41) is 10.8. The molecule has 2 heterocycles. The Morgan fingerprint density at radius 3 is 2.26 bits per heavy atom. The van der Waals surface area contributed by atoms with Crippen molar-refractivity contribution in [1.29, 1.82) is 0 Å². The van der Waals surface area contributed by atoms with E-state index in [-0.39, 0.29) is 34.4 Å². The molecular weight excluding hydrogens is 431 g/mol. The van der Waals surface area contributed by atoms with Crippen LogP contribution in [0.4, 0.5) is 13.2 Å². The molecule has 0 saturated carbocycles. The summed E-state index contributed by atoms with van der Waals surface area (Å²) >= 11 is 5.85. The summed E-state index contributed by atoms with van der Waals surface area (Å²) < 4.78 is 47.2. The van der Waals surface area contributed by atoms with Crippen molar-refractivity contribution in [2.24, 2.45) is 0 Å². The third-order valence-corrected chi connectivity index (χ3v) is 5.86. The third kappa shape index (κ3) is 4.43. The van der Waals surface area contributed by atoms with E-state index >= 15 is 0 Å². The lowest BCUT2D eigenvalue weighted by Crippen LogP contribution is -2.24. The minimum absolute atomic E-state index is 0.000530. The molecule has 4 nitrogen and oxygen atoms in total. The maximum Gasteiger partial charge on any atom is 0.450 e. The van der Waals surface area contributed by atoms with E-state index < -0.39 is 22.9 Å². The molecule has 0 amide bonds. The van der Waals surface area contributed by atoms with Crippen LogP contribution in [0.25, 0.3) is 22.1 Å². The fourth-order valence-corrected chi connectivity index (χ4v) is 4.18. The van der Waals surface area contributed by atoms with Gasteiger partial charge in [-0.25, -0.2) is 0 Å². The number of nitrogens with zero attached hydrogens (tertiary/aromatic N) is 1. The molecule has 1 N–H and O–H groups in total. The lowest BCUT2D eigenvalue weighted by molar-refractivity contribution is -0.152. The van der Waals surface area contributed by atoms with E-state index in [1.54, 1.807) is 0 Å². The number of alkyl halides is 3. The number of phenolic OH excluding ortho intramolecular Hbond substituents is 1. The number of fused-ring (bicyclic) bond motifs is 1. The minimum atomic E-state index is -4.90. The predicted octanol–water partition coefficient (Wildman–Crippen LogP) is 6.21. The number of halogens is 4. The average molecular weight is 452 g/mol. The highest BCUT2D eigenvalue weighted by molar-refractivity contribution is 6.30. The summed E-state index contributed by atoms with van der Waals surface area (Å²) in [5.41, 5.74) is -1.32. The molecule has 0 spiro atoms. The molecule has 1 fully saturated rings. The van der Waals surface area contributed by atoms with Crippen molar-refractivity contribution >= 4 is 22.6 Å². The van der Waals surface area contributed by atoms with Gasteiger partial charge in [0.1, 0.15) is 11.3 Å². The Balaban J connectivity index is 1.93. The first-order valence-electron chi connectivity index (χ1n) is 10.1. The summed E-state index contributed by atoms with van der Waals surface area (Å²) in [4.78, 5) is 15.3. The number of aromatic hydroxyl groups is 1. The van der Waals surface area contributed by atoms with Crippen molar-refractivity contribution < 1.29 is 22.7 Å². The molecule has 4 rings (SSSR count). The van der Waals surface area contributed by atoms with Crippen molar-refractivity contribution in [2.75, 3.05) is 13.1 Å². The SMILES string of the molecule is O=c1c(-c2ccc(Cl)cc2)c(C(F)(F)F)oc2c(CN3CCCCCC3)c(O)ccc12. The van der Waals surface area contributed by atoms with Crippen LogP contribution >= 0.6 is 11.6 Å². The smallest absolute Gasteiger partial charge is 0.450 e. The van der Waals surface area contributed by atoms with Crippen LogP contribution in [0.5, 0.6) is 5.75 Å². The van der Waals surface area contributed by atoms with Gasteiger partial charge in [-0.2, -0.15) is 13.2 Å². The van der Waals surface area contributed by atoms with E-state index in [4.69, 9.17) is 16.0 Å². The second-order valence-corrected chi connectivity index (χ2v) is 8.21. The molecule has 0 aliphatic carbocycles. The van der Waals surface area contributed by atoms with Crippen LogP contribution in [0.15, 0.2) is 45.6 Å². The average Bonchev–Trinajstić information content (AvgIpc) is 2.99. The molecule has 2 aromatic carbocycles. The van der Waals surface area contributed by atoms with Crippen LogP contribution in [0.2, 0.25) is 5.02 Å². The van der Waals surface area contributed by atoms with Crippen molar-refractivity contribution in [3.63, 3.8) is 0 Å². The predicted molar refractivity (Wildman–Crippen MR) is 113 cm³/mol. The number of phenols is 1. The Morgan fingerprint density at radius 1 is 1.00 bits per heavy atom. The molecule has 0 bridgehead atoms. The van der Waals surface area contributed by atoms with Crippen LogP contribution in [-0.2, 0) is 12.7 Å². The highest BCUT2D eigenvalue weighted by Gasteiger charge is 2.39. The summed E-state index contributed by atoms with van der Waals surface area (Å²) in [6.07, 6.45) is -0.757. The van der Waals surface area contributed by atoms with Gasteiger partial charge >= 0.3 is 6.18 Å². The lowest BCUT2D eigenvalue weighted by Gasteiger charge is -2.21. The fourth-order valence-electron chi connectivity index (χ4n) is 4.05. The van der Waals surface area contributed by atoms with Crippen LogP contribution in [0, 0.1) is 0 Å². The Labute approximate surface area is 181 Å². The molecule has 3 aromatic rings. The highest BCUT2D eigenvalue weighted by atomic mass is 35.5. The third-order valence-electron chi connectivity index (χ3n) is 5.61. The molecule has 0 atom stereocenters. The summed E-state index contributed by atoms with van der Waals surface area (Å²) in [6, 6.07) is 8.19. The first kappa shape index (κ1) is 21.7. The fraction of sp³-hybridized carbons (Fsp3) is 0.348. The Bertz CT molecular complexity index is 1150. The van der Waals surface area contributed by atoms with Gasteiger partial charge in [0.25, 0.3) is 0 Å². The van der Waals surface area contributed by atoms with Gasteiger partial charge in [0, 0.05) is 11.6 Å². The maximum atomic E-state index is 13.9. The Hall–Kier alpha value is -2.51. The van der Waals surface area contributed by atoms with Gasteiger partial charge in [-0.05, 0) is 55.8 Å². The minimum Gasteiger partial charge on any atom is -0.507 e. The van der Waals surface area contributed by atoms with E-state index in [0.29, 0.717) is 5.02 Å². The maximum absolute atomic E-state index is 13.9. The van der Waals surface area contributed by atoms with Gasteiger partial charge in [0.15, 0.2) is 0 Å². The van der Waals surface area contributed by atoms with Crippen molar-refractivity contribution in [3.05, 3.63) is 63.0 Å². The van der Waals surface area contributed by atoms with Crippen molar-refractivity contribution in [1.82, 2.24) is 4.90 Å². The normalized spacial score (nSPS) is 15.9. The van der Waals surface area contributed by atoms with Crippen LogP contribution in [-0.4, -0.2) is 23.1 Å². The number of likely N-dealkylation sites (tertiary alicyclic amines) is 1. The largest absolute Gasteiger partial charge is 0.507 e. The number of hydrogen-bond donors (Lipinski definition) is 1. The lowest BCUT2D eigenvalue weighted by atomic mass is 10.00. The van der Waals surface area contributed by atoms with E-state index in [1.807, 2.05) is 0 Å². The van der Waals surface area contributed by atoms with Crippen LogP contribution in [0.3, 0.4) is 0 Å². The van der Waals surface area contributed by atoms with Gasteiger partial charge in [0.2, 0.25) is 11.2 Å². The van der Waals surface area contributed by atoms with E-state index in [9.17, 15) is 23.1 Å². The molecule has 1 aliphatic rings. The number of hydrogen-bond acceptors (Lipinski definition) is 4. The molecule has 1 aromatic heterocycles. The molecule has 164 valence electrons. The summed E-state index contributed by atoms with van der Waals surface area (Å²) in [6.45, 7) is 1.76. The Kier molecular flexibility index (Phi) is 5.99. The molecule has 0 radical (unpaired) electrons. The first-order chi connectivity index (χ1) is 14.8. The monoisotopic (exact) mass is 451 g/mol. The molecule has 0 unspecified atom stereocenters. The second kappa shape index (κ2) is 8.55. The van der Waals surface area contributed by atoms with Crippen molar-refractivity contribution in [3.8, 4) is 16.9 Å². The van der Waals surface area contributed by atoms with Crippen molar-refractivity contribution in [2.45, 2.75) is 38.4 Å². The van der Waals surface area contributed by atoms with E-state index in [0.717, 1.165) is 38.8 Å². The Morgan fingerprint density at radius 2 is 1.65 bits per heavy atom. The second-order valence-electron chi connectivity index (χ2n) is 7.77. The van der Waals surface area contributed by atoms with Crippen LogP contribution < -0.4 is 5.43 Å². The van der Waals surface area contributed by atoms with Gasteiger partial charge in [-0.1, -0.05) is 36.6 Å². The quantitative estimate of drug-likeness (QED) is 0.514. The van der Waals surface area contributed by atoms with Gasteiger partial charge in [0.05, 0.1) is 16.5 Å². The van der Waals surface area contributed by atoms with Crippen LogP contribution in [0.1, 0.15) is 37.0 Å². The van der Waals surface area contributed by atoms with E-state index in [1.165, 1.54) is 36.4 Å². The zero-order valence-electron chi connectivity index (χ0n) is 16.6. The standard InChI is InChI=1S/C23H21ClF3NO3/c24-15-7-5-14(6-8-15)19-20(30)16-9-10-18(29)17(13-28-11-3-1-2-4-12-28)21(16)31-22(19)23(25,26)27/h5-10,29H,1-4,11-13H2. The first-order valence-corrected chi connectivity index (χ1v) is 10.5. The van der Waals surface area contributed by atoms with Gasteiger partial charge < -0.3 is 9.52 Å². The summed E-state index contributed by atoms with van der Waals surface area (Å²) in [5.74, 6) is -1.57. The number of benzene rings is 2.